The maximum Gasteiger partial charge on any atom is 0.416 e. The number of hydrogen-bond acceptors (Lipinski definition) is 3. The Kier molecular flexibility index (Phi) is 7.01. The number of nitrogens with zero attached hydrogens (tertiary/aromatic N) is 1. The fourth-order valence-corrected chi connectivity index (χ4v) is 2.59. The molecule has 0 bridgehead atoms. The van der Waals surface area contributed by atoms with Crippen LogP contribution in [0.15, 0.2) is 24.3 Å². The molecule has 0 aliphatic rings. The smallest absolute Gasteiger partial charge is 0.348 e. The quantitative estimate of drug-likeness (QED) is 0.791. The molecule has 1 unspecified atom stereocenters. The number of likely N-dealkylation sites (N-methyl/N-ethyl adjacent to an activating group) is 1. The second-order valence-electron chi connectivity index (χ2n) is 6.39. The van der Waals surface area contributed by atoms with Gasteiger partial charge in [-0.1, -0.05) is 26.0 Å². The van der Waals surface area contributed by atoms with Crippen LogP contribution in [0, 0.1) is 5.92 Å². The predicted molar refractivity (Wildman–Crippen MR) is 89.3 cm³/mol. The van der Waals surface area contributed by atoms with Crippen LogP contribution in [0.3, 0.4) is 0 Å². The molecular weight excluding hydrogens is 357 g/mol. The van der Waals surface area contributed by atoms with E-state index in [1.165, 1.54) is 19.2 Å². The predicted octanol–water partition coefficient (Wildman–Crippen LogP) is 2.80. The van der Waals surface area contributed by atoms with Crippen LogP contribution in [-0.2, 0) is 21.0 Å². The molecule has 0 fully saturated rings. The second-order valence-corrected chi connectivity index (χ2v) is 8.48. The molecule has 1 aromatic rings. The molecule has 1 aromatic carbocycles. The Morgan fingerprint density at radius 1 is 1.28 bits per heavy atom. The number of rotatable bonds is 7. The summed E-state index contributed by atoms with van der Waals surface area (Å²) >= 11 is 0. The first kappa shape index (κ1) is 21.4. The van der Waals surface area contributed by atoms with E-state index in [4.69, 9.17) is 0 Å². The first-order chi connectivity index (χ1) is 11.3. The highest BCUT2D eigenvalue weighted by Gasteiger charge is 2.31. The number of alkyl halides is 3. The molecule has 0 aliphatic heterocycles. The number of carbonyl (C=O) groups is 1. The van der Waals surface area contributed by atoms with Gasteiger partial charge < -0.3 is 5.32 Å². The zero-order valence-electron chi connectivity index (χ0n) is 14.6. The lowest BCUT2D eigenvalue weighted by Crippen LogP contribution is -2.39. The van der Waals surface area contributed by atoms with E-state index in [9.17, 15) is 26.4 Å². The normalized spacial score (nSPS) is 14.0. The summed E-state index contributed by atoms with van der Waals surface area (Å²) in [5.74, 6) is -0.455. The Balaban J connectivity index is 3.00. The van der Waals surface area contributed by atoms with Gasteiger partial charge in [-0.2, -0.15) is 17.5 Å². The molecule has 0 heterocycles. The van der Waals surface area contributed by atoms with Gasteiger partial charge in [0.05, 0.1) is 24.4 Å². The van der Waals surface area contributed by atoms with Crippen molar-refractivity contribution in [1.29, 1.82) is 0 Å². The van der Waals surface area contributed by atoms with Gasteiger partial charge in [0.1, 0.15) is 0 Å². The zero-order valence-corrected chi connectivity index (χ0v) is 15.4. The van der Waals surface area contributed by atoms with Crippen LogP contribution in [0.25, 0.3) is 0 Å². The Bertz CT molecular complexity index is 703. The van der Waals surface area contributed by atoms with Crippen molar-refractivity contribution >= 4 is 15.9 Å². The largest absolute Gasteiger partial charge is 0.416 e. The van der Waals surface area contributed by atoms with Crippen LogP contribution < -0.4 is 5.32 Å². The molecule has 0 saturated heterocycles. The van der Waals surface area contributed by atoms with Crippen molar-refractivity contribution in [3.8, 4) is 0 Å². The standard InChI is InChI=1S/C16H23F3N2O3S/c1-11(2)8-14(20-15(22)10-21(3)25(4,23)24)12-6-5-7-13(9-12)16(17,18)19/h5-7,9,11,14H,8,10H2,1-4H3,(H,20,22). The summed E-state index contributed by atoms with van der Waals surface area (Å²) in [5, 5.41) is 2.63. The van der Waals surface area contributed by atoms with Crippen LogP contribution >= 0.6 is 0 Å². The molecule has 25 heavy (non-hydrogen) atoms. The highest BCUT2D eigenvalue weighted by molar-refractivity contribution is 7.88. The van der Waals surface area contributed by atoms with Crippen LogP contribution in [0.1, 0.15) is 37.4 Å². The molecule has 1 rings (SSSR count). The van der Waals surface area contributed by atoms with Crippen molar-refractivity contribution < 1.29 is 26.4 Å². The van der Waals surface area contributed by atoms with E-state index in [1.54, 1.807) is 0 Å². The number of nitrogens with one attached hydrogen (secondary N) is 1. The maximum atomic E-state index is 12.9. The Labute approximate surface area is 146 Å². The minimum Gasteiger partial charge on any atom is -0.348 e. The van der Waals surface area contributed by atoms with Gasteiger partial charge >= 0.3 is 6.18 Å². The summed E-state index contributed by atoms with van der Waals surface area (Å²) in [7, 11) is -2.26. The third-order valence-corrected chi connectivity index (χ3v) is 4.85. The summed E-state index contributed by atoms with van der Waals surface area (Å²) < 4.78 is 62.3. The molecule has 0 spiro atoms. The number of amides is 1. The van der Waals surface area contributed by atoms with Crippen LogP contribution in [-0.4, -0.2) is 38.5 Å². The van der Waals surface area contributed by atoms with Gasteiger partial charge in [0.15, 0.2) is 0 Å². The molecule has 1 amide bonds. The average Bonchev–Trinajstić information content (AvgIpc) is 2.44. The molecule has 0 aliphatic carbocycles. The van der Waals surface area contributed by atoms with E-state index in [0.29, 0.717) is 12.0 Å². The Morgan fingerprint density at radius 3 is 2.36 bits per heavy atom. The van der Waals surface area contributed by atoms with E-state index in [2.05, 4.69) is 5.32 Å². The van der Waals surface area contributed by atoms with Crippen LogP contribution in [0.4, 0.5) is 13.2 Å². The van der Waals surface area contributed by atoms with Crippen molar-refractivity contribution in [2.24, 2.45) is 5.92 Å². The van der Waals surface area contributed by atoms with Gasteiger partial charge in [0.2, 0.25) is 15.9 Å². The summed E-state index contributed by atoms with van der Waals surface area (Å²) in [4.78, 5) is 12.1. The van der Waals surface area contributed by atoms with Gasteiger partial charge in [-0.05, 0) is 30.0 Å². The van der Waals surface area contributed by atoms with Crippen molar-refractivity contribution in [2.75, 3.05) is 19.8 Å². The van der Waals surface area contributed by atoms with Gasteiger partial charge in [0.25, 0.3) is 0 Å². The topological polar surface area (TPSA) is 66.5 Å². The Hall–Kier alpha value is -1.61. The highest BCUT2D eigenvalue weighted by atomic mass is 32.2. The molecule has 0 aromatic heterocycles. The van der Waals surface area contributed by atoms with E-state index in [1.807, 2.05) is 13.8 Å². The van der Waals surface area contributed by atoms with Crippen LogP contribution in [0.2, 0.25) is 0 Å². The number of hydrogen-bond donors (Lipinski definition) is 1. The summed E-state index contributed by atoms with van der Waals surface area (Å²) in [6, 6.07) is 4.15. The fourth-order valence-electron chi connectivity index (χ4n) is 2.24. The van der Waals surface area contributed by atoms with Crippen molar-refractivity contribution in [3.05, 3.63) is 35.4 Å². The average molecular weight is 380 g/mol. The molecular formula is C16H23F3N2O3S. The number of sulfonamides is 1. The molecule has 0 radical (unpaired) electrons. The highest BCUT2D eigenvalue weighted by Crippen LogP contribution is 2.32. The molecule has 9 heteroatoms. The lowest BCUT2D eigenvalue weighted by atomic mass is 9.95. The number of halogens is 3. The van der Waals surface area contributed by atoms with E-state index in [0.717, 1.165) is 22.7 Å². The third-order valence-electron chi connectivity index (χ3n) is 3.59. The summed E-state index contributed by atoms with van der Waals surface area (Å²) in [6.07, 6.45) is -3.08. The van der Waals surface area contributed by atoms with Crippen molar-refractivity contribution in [2.45, 2.75) is 32.5 Å². The lowest BCUT2D eigenvalue weighted by molar-refractivity contribution is -0.137. The maximum absolute atomic E-state index is 12.9. The minimum atomic E-state index is -4.47. The summed E-state index contributed by atoms with van der Waals surface area (Å²) in [6.45, 7) is 3.37. The Morgan fingerprint density at radius 2 is 1.88 bits per heavy atom. The number of carbonyl (C=O) groups excluding carboxylic acids is 1. The minimum absolute atomic E-state index is 0.118. The van der Waals surface area contributed by atoms with Crippen LogP contribution in [0.5, 0.6) is 0 Å². The second kappa shape index (κ2) is 8.18. The van der Waals surface area contributed by atoms with Gasteiger partial charge in [-0.25, -0.2) is 8.42 Å². The molecule has 1 N–H and O–H groups in total. The lowest BCUT2D eigenvalue weighted by Gasteiger charge is -2.23. The van der Waals surface area contributed by atoms with Crippen molar-refractivity contribution in [1.82, 2.24) is 9.62 Å². The molecule has 1 atom stereocenters. The van der Waals surface area contributed by atoms with Gasteiger partial charge in [-0.3, -0.25) is 4.79 Å². The van der Waals surface area contributed by atoms with Gasteiger partial charge in [-0.15, -0.1) is 0 Å². The number of benzene rings is 1. The van der Waals surface area contributed by atoms with E-state index >= 15 is 0 Å². The van der Waals surface area contributed by atoms with E-state index < -0.39 is 40.3 Å². The van der Waals surface area contributed by atoms with Gasteiger partial charge in [0, 0.05) is 7.05 Å². The SMILES string of the molecule is CC(C)CC(NC(=O)CN(C)S(C)(=O)=O)c1cccc(C(F)(F)F)c1. The van der Waals surface area contributed by atoms with E-state index in [-0.39, 0.29) is 5.92 Å². The third kappa shape index (κ3) is 7.03. The molecule has 5 nitrogen and oxygen atoms in total. The first-order valence-corrected chi connectivity index (χ1v) is 9.53. The molecule has 142 valence electrons. The summed E-state index contributed by atoms with van der Waals surface area (Å²) in [5.41, 5.74) is -0.458. The first-order valence-electron chi connectivity index (χ1n) is 7.68. The monoisotopic (exact) mass is 380 g/mol. The molecule has 0 saturated carbocycles. The zero-order chi connectivity index (χ0) is 19.4. The van der Waals surface area contributed by atoms with Crippen molar-refractivity contribution in [3.63, 3.8) is 0 Å². The fraction of sp³-hybridized carbons (Fsp3) is 0.562.